The highest BCUT2D eigenvalue weighted by atomic mass is 32.2. The summed E-state index contributed by atoms with van der Waals surface area (Å²) in [5.41, 5.74) is 1.90. The minimum atomic E-state index is -1.66. The van der Waals surface area contributed by atoms with Crippen molar-refractivity contribution in [1.29, 1.82) is 0 Å². The smallest absolute Gasteiger partial charge is 0.294 e. The Bertz CT molecular complexity index is 1080. The van der Waals surface area contributed by atoms with Gasteiger partial charge in [0.15, 0.2) is 0 Å². The average Bonchev–Trinajstić information content (AvgIpc) is 2.79. The molecule has 164 valence electrons. The molecule has 1 N–H and O–H groups in total. The second kappa shape index (κ2) is 11.0. The van der Waals surface area contributed by atoms with Gasteiger partial charge in [0.2, 0.25) is 5.91 Å². The Balaban J connectivity index is 1.73. The number of amides is 2. The Morgan fingerprint density at radius 1 is 0.906 bits per heavy atom. The minimum Gasteiger partial charge on any atom is -0.309 e. The summed E-state index contributed by atoms with van der Waals surface area (Å²) in [5.74, 6) is -1.85. The first kappa shape index (κ1) is 22.8. The molecule has 0 spiro atoms. The Morgan fingerprint density at radius 3 is 2.00 bits per heavy atom. The first-order valence-corrected chi connectivity index (χ1v) is 11.0. The molecular formula is C23H20N2O6S. The van der Waals surface area contributed by atoms with Gasteiger partial charge in [0.1, 0.15) is 12.4 Å². The van der Waals surface area contributed by atoms with Crippen molar-refractivity contribution < 1.29 is 23.7 Å². The van der Waals surface area contributed by atoms with E-state index >= 15 is 0 Å². The van der Waals surface area contributed by atoms with Crippen molar-refractivity contribution in [3.63, 3.8) is 0 Å². The zero-order valence-corrected chi connectivity index (χ0v) is 17.7. The highest BCUT2D eigenvalue weighted by molar-refractivity contribution is 7.86. The van der Waals surface area contributed by atoms with E-state index in [1.54, 1.807) is 12.1 Å². The lowest BCUT2D eigenvalue weighted by Gasteiger charge is -2.17. The second-order valence-electron chi connectivity index (χ2n) is 6.76. The molecule has 0 aliphatic rings. The van der Waals surface area contributed by atoms with E-state index in [2.05, 4.69) is 10.2 Å². The summed E-state index contributed by atoms with van der Waals surface area (Å²) >= 11 is 0. The van der Waals surface area contributed by atoms with Gasteiger partial charge < -0.3 is 4.84 Å². The summed E-state index contributed by atoms with van der Waals surface area (Å²) < 4.78 is 13.2. The molecule has 0 aliphatic carbocycles. The number of carbonyl (C=O) groups excluding carboxylic acids is 2. The van der Waals surface area contributed by atoms with Crippen molar-refractivity contribution in [2.24, 2.45) is 0 Å². The molecule has 3 aromatic rings. The zero-order chi connectivity index (χ0) is 22.9. The maximum atomic E-state index is 13.2. The third-order valence-corrected chi connectivity index (χ3v) is 6.20. The van der Waals surface area contributed by atoms with Crippen LogP contribution in [0, 0.1) is 10.1 Å². The predicted octanol–water partition coefficient (Wildman–Crippen LogP) is 3.19. The van der Waals surface area contributed by atoms with E-state index in [0.29, 0.717) is 0 Å². The fourth-order valence-corrected chi connectivity index (χ4v) is 4.60. The van der Waals surface area contributed by atoms with Gasteiger partial charge in [0.25, 0.3) is 11.0 Å². The van der Waals surface area contributed by atoms with E-state index in [1.165, 1.54) is 12.1 Å². The van der Waals surface area contributed by atoms with Crippen LogP contribution in [0.4, 0.5) is 0 Å². The highest BCUT2D eigenvalue weighted by Gasteiger charge is 2.24. The molecule has 0 fully saturated rings. The number of hydrogen-bond donors (Lipinski definition) is 1. The van der Waals surface area contributed by atoms with Crippen LogP contribution in [0.25, 0.3) is 0 Å². The fourth-order valence-electron chi connectivity index (χ4n) is 3.18. The van der Waals surface area contributed by atoms with E-state index in [0.717, 1.165) is 11.1 Å². The van der Waals surface area contributed by atoms with Crippen LogP contribution in [0.3, 0.4) is 0 Å². The van der Waals surface area contributed by atoms with Crippen LogP contribution in [0.1, 0.15) is 32.3 Å². The third kappa shape index (κ3) is 6.08. The van der Waals surface area contributed by atoms with Gasteiger partial charge >= 0.3 is 0 Å². The third-order valence-electron chi connectivity index (χ3n) is 4.58. The average molecular weight is 452 g/mol. The molecule has 0 saturated carbocycles. The lowest BCUT2D eigenvalue weighted by atomic mass is 10.0. The summed E-state index contributed by atoms with van der Waals surface area (Å²) in [5, 5.41) is 11.2. The topological polar surface area (TPSA) is 116 Å². The van der Waals surface area contributed by atoms with Crippen molar-refractivity contribution >= 4 is 22.6 Å². The number of benzene rings is 3. The van der Waals surface area contributed by atoms with Crippen molar-refractivity contribution in [1.82, 2.24) is 5.32 Å². The number of imide groups is 1. The van der Waals surface area contributed by atoms with E-state index in [4.69, 9.17) is 0 Å². The number of nitrogens with one attached hydrogen (secondary N) is 1. The molecule has 32 heavy (non-hydrogen) atoms. The maximum absolute atomic E-state index is 13.2. The maximum Gasteiger partial charge on any atom is 0.294 e. The van der Waals surface area contributed by atoms with Gasteiger partial charge in [-0.2, -0.15) is 0 Å². The van der Waals surface area contributed by atoms with Crippen LogP contribution in [-0.2, 0) is 27.0 Å². The number of nitrogens with zero attached hydrogens (tertiary/aromatic N) is 1. The lowest BCUT2D eigenvalue weighted by molar-refractivity contribution is -0.763. The molecule has 3 aromatic carbocycles. The van der Waals surface area contributed by atoms with E-state index < -0.39 is 45.3 Å². The van der Waals surface area contributed by atoms with Gasteiger partial charge in [-0.05, 0) is 22.8 Å². The Labute approximate surface area is 186 Å². The van der Waals surface area contributed by atoms with Crippen molar-refractivity contribution in [3.05, 3.63) is 117 Å². The van der Waals surface area contributed by atoms with E-state index in [9.17, 15) is 23.9 Å². The standard InChI is InChI=1S/C23H20N2O6S/c26-21(24-23(27)20-14-8-7-13-19(20)15-31-25(28)29)16-32(30)22(17-9-3-1-4-10-17)18-11-5-2-6-12-18/h1-14,22H,15-16H2,(H,24,26,27). The van der Waals surface area contributed by atoms with Crippen molar-refractivity contribution in [3.8, 4) is 0 Å². The van der Waals surface area contributed by atoms with E-state index in [-0.39, 0.29) is 11.1 Å². The summed E-state index contributed by atoms with van der Waals surface area (Å²) in [6.07, 6.45) is 0. The van der Waals surface area contributed by atoms with Crippen molar-refractivity contribution in [2.45, 2.75) is 11.9 Å². The van der Waals surface area contributed by atoms with Gasteiger partial charge in [-0.3, -0.25) is 19.1 Å². The lowest BCUT2D eigenvalue weighted by Crippen LogP contribution is -2.35. The second-order valence-corrected chi connectivity index (χ2v) is 8.28. The largest absolute Gasteiger partial charge is 0.309 e. The summed E-state index contributed by atoms with van der Waals surface area (Å²) in [4.78, 5) is 39.8. The number of hydrogen-bond acceptors (Lipinski definition) is 6. The molecule has 3 rings (SSSR count). The first-order chi connectivity index (χ1) is 15.5. The normalized spacial score (nSPS) is 11.5. The SMILES string of the molecule is O=C(CS(=O)C(c1ccccc1)c1ccccc1)NC(=O)c1ccccc1CO[N+](=O)[O-]. The Kier molecular flexibility index (Phi) is 7.82. The van der Waals surface area contributed by atoms with Crippen LogP contribution >= 0.6 is 0 Å². The summed E-state index contributed by atoms with van der Waals surface area (Å²) in [6.45, 7) is -0.430. The molecule has 0 radical (unpaired) electrons. The molecule has 1 atom stereocenters. The molecule has 0 bridgehead atoms. The fraction of sp³-hybridized carbons (Fsp3) is 0.130. The zero-order valence-electron chi connectivity index (χ0n) is 16.9. The monoisotopic (exact) mass is 452 g/mol. The minimum absolute atomic E-state index is 0.0659. The van der Waals surface area contributed by atoms with Crippen LogP contribution in [-0.4, -0.2) is 26.9 Å². The molecule has 0 heterocycles. The molecule has 0 aliphatic heterocycles. The Morgan fingerprint density at radius 2 is 1.44 bits per heavy atom. The van der Waals surface area contributed by atoms with Gasteiger partial charge in [0.05, 0.1) is 5.25 Å². The van der Waals surface area contributed by atoms with Gasteiger partial charge in [-0.15, -0.1) is 10.1 Å². The molecule has 8 nitrogen and oxygen atoms in total. The quantitative estimate of drug-likeness (QED) is 0.394. The van der Waals surface area contributed by atoms with Crippen LogP contribution in [0.5, 0.6) is 0 Å². The first-order valence-electron chi connectivity index (χ1n) is 9.62. The van der Waals surface area contributed by atoms with E-state index in [1.807, 2.05) is 60.7 Å². The molecule has 0 aromatic heterocycles. The number of carbonyl (C=O) groups is 2. The van der Waals surface area contributed by atoms with Gasteiger partial charge in [-0.25, -0.2) is 0 Å². The molecule has 9 heteroatoms. The summed E-state index contributed by atoms with van der Waals surface area (Å²) in [6, 6.07) is 24.4. The molecule has 1 unspecified atom stereocenters. The predicted molar refractivity (Wildman–Crippen MR) is 118 cm³/mol. The van der Waals surface area contributed by atoms with Crippen LogP contribution < -0.4 is 5.32 Å². The van der Waals surface area contributed by atoms with Crippen LogP contribution in [0.15, 0.2) is 84.9 Å². The van der Waals surface area contributed by atoms with Gasteiger partial charge in [0, 0.05) is 16.4 Å². The van der Waals surface area contributed by atoms with Crippen LogP contribution in [0.2, 0.25) is 0 Å². The molecule has 0 saturated heterocycles. The highest BCUT2D eigenvalue weighted by Crippen LogP contribution is 2.28. The summed E-state index contributed by atoms with van der Waals surface area (Å²) in [7, 11) is -1.66. The number of rotatable bonds is 9. The molecular weight excluding hydrogens is 432 g/mol. The molecule has 2 amide bonds. The van der Waals surface area contributed by atoms with Crippen molar-refractivity contribution in [2.75, 3.05) is 5.75 Å². The Hall–Kier alpha value is -3.85. The van der Waals surface area contributed by atoms with Gasteiger partial charge in [-0.1, -0.05) is 78.9 Å².